The standard InChI is InChI=1S/C17H21NO4/c1-3-22-17(21)14-8-10-18(11-9-14)16(20)15(19)13-6-4-12(2)5-7-13/h4-7,14H,3,8-11H2,1-2H3. The summed E-state index contributed by atoms with van der Waals surface area (Å²) in [4.78, 5) is 37.6. The molecule has 0 aromatic heterocycles. The number of carbonyl (C=O) groups is 3. The lowest BCUT2D eigenvalue weighted by Crippen LogP contribution is -2.43. The summed E-state index contributed by atoms with van der Waals surface area (Å²) in [6.07, 6.45) is 1.09. The van der Waals surface area contributed by atoms with Gasteiger partial charge in [-0.15, -0.1) is 0 Å². The molecule has 118 valence electrons. The van der Waals surface area contributed by atoms with Gasteiger partial charge >= 0.3 is 5.97 Å². The van der Waals surface area contributed by atoms with Crippen molar-refractivity contribution in [2.75, 3.05) is 19.7 Å². The van der Waals surface area contributed by atoms with E-state index in [2.05, 4.69) is 0 Å². The number of amides is 1. The Labute approximate surface area is 130 Å². The third-order valence-electron chi connectivity index (χ3n) is 3.91. The first-order valence-electron chi connectivity index (χ1n) is 7.59. The molecule has 5 heteroatoms. The highest BCUT2D eigenvalue weighted by molar-refractivity contribution is 6.42. The van der Waals surface area contributed by atoms with Crippen molar-refractivity contribution in [3.63, 3.8) is 0 Å². The number of carbonyl (C=O) groups excluding carboxylic acids is 3. The number of nitrogens with zero attached hydrogens (tertiary/aromatic N) is 1. The summed E-state index contributed by atoms with van der Waals surface area (Å²) in [7, 11) is 0. The zero-order chi connectivity index (χ0) is 16.1. The van der Waals surface area contributed by atoms with Crippen LogP contribution in [0.4, 0.5) is 0 Å². The summed E-state index contributed by atoms with van der Waals surface area (Å²) in [6, 6.07) is 6.96. The summed E-state index contributed by atoms with van der Waals surface area (Å²) in [5.41, 5.74) is 1.45. The molecule has 0 N–H and O–H groups in total. The average Bonchev–Trinajstić information content (AvgIpc) is 2.54. The lowest BCUT2D eigenvalue weighted by molar-refractivity contribution is -0.150. The molecule has 1 aromatic rings. The van der Waals surface area contributed by atoms with Crippen molar-refractivity contribution >= 4 is 17.7 Å². The largest absolute Gasteiger partial charge is 0.466 e. The summed E-state index contributed by atoms with van der Waals surface area (Å²) in [6.45, 7) is 4.90. The quantitative estimate of drug-likeness (QED) is 0.485. The Bertz CT molecular complexity index is 557. The van der Waals surface area contributed by atoms with Crippen LogP contribution in [0.25, 0.3) is 0 Å². The molecule has 1 heterocycles. The number of rotatable bonds is 4. The predicted octanol–water partition coefficient (Wildman–Crippen LogP) is 1.98. The van der Waals surface area contributed by atoms with Crippen LogP contribution in [0, 0.1) is 12.8 Å². The lowest BCUT2D eigenvalue weighted by atomic mass is 9.96. The maximum atomic E-state index is 12.2. The first kappa shape index (κ1) is 16.2. The molecular formula is C17H21NO4. The van der Waals surface area contributed by atoms with Crippen LogP contribution < -0.4 is 0 Å². The Morgan fingerprint density at radius 2 is 1.73 bits per heavy atom. The van der Waals surface area contributed by atoms with Crippen LogP contribution in [0.15, 0.2) is 24.3 Å². The molecule has 0 spiro atoms. The van der Waals surface area contributed by atoms with Gasteiger partial charge in [-0.05, 0) is 26.7 Å². The van der Waals surface area contributed by atoms with E-state index in [4.69, 9.17) is 4.74 Å². The van der Waals surface area contributed by atoms with Crippen LogP contribution in [0.5, 0.6) is 0 Å². The van der Waals surface area contributed by atoms with Gasteiger partial charge in [0.2, 0.25) is 5.78 Å². The lowest BCUT2D eigenvalue weighted by Gasteiger charge is -2.30. The first-order valence-corrected chi connectivity index (χ1v) is 7.59. The zero-order valence-corrected chi connectivity index (χ0v) is 13.0. The zero-order valence-electron chi connectivity index (χ0n) is 13.0. The van der Waals surface area contributed by atoms with Crippen LogP contribution in [0.3, 0.4) is 0 Å². The Hall–Kier alpha value is -2.17. The number of hydrogen-bond donors (Lipinski definition) is 0. The molecule has 1 aliphatic heterocycles. The Balaban J connectivity index is 1.93. The van der Waals surface area contributed by atoms with Gasteiger partial charge in [0.05, 0.1) is 12.5 Å². The third kappa shape index (κ3) is 3.72. The topological polar surface area (TPSA) is 63.7 Å². The van der Waals surface area contributed by atoms with Gasteiger partial charge in [-0.1, -0.05) is 29.8 Å². The second-order valence-corrected chi connectivity index (χ2v) is 5.51. The number of aryl methyl sites for hydroxylation is 1. The van der Waals surface area contributed by atoms with Crippen LogP contribution in [0.2, 0.25) is 0 Å². The van der Waals surface area contributed by atoms with Crippen LogP contribution in [-0.4, -0.2) is 42.3 Å². The van der Waals surface area contributed by atoms with Crippen molar-refractivity contribution in [2.24, 2.45) is 5.92 Å². The molecule has 0 radical (unpaired) electrons. The molecule has 1 aliphatic rings. The highest BCUT2D eigenvalue weighted by Gasteiger charge is 2.31. The van der Waals surface area contributed by atoms with Crippen molar-refractivity contribution in [3.8, 4) is 0 Å². The fourth-order valence-electron chi connectivity index (χ4n) is 2.55. The highest BCUT2D eigenvalue weighted by Crippen LogP contribution is 2.19. The van der Waals surface area contributed by atoms with Crippen molar-refractivity contribution in [1.29, 1.82) is 0 Å². The number of Topliss-reactive ketones (excluding diaryl/α,β-unsaturated/α-hetero) is 1. The molecule has 5 nitrogen and oxygen atoms in total. The van der Waals surface area contributed by atoms with E-state index in [1.165, 1.54) is 4.90 Å². The van der Waals surface area contributed by atoms with Crippen molar-refractivity contribution in [3.05, 3.63) is 35.4 Å². The first-order chi connectivity index (χ1) is 10.5. The van der Waals surface area contributed by atoms with E-state index >= 15 is 0 Å². The fourth-order valence-corrected chi connectivity index (χ4v) is 2.55. The minimum Gasteiger partial charge on any atom is -0.466 e. The number of hydrogen-bond acceptors (Lipinski definition) is 4. The van der Waals surface area contributed by atoms with E-state index in [-0.39, 0.29) is 11.9 Å². The molecule has 1 aromatic carbocycles. The molecule has 0 atom stereocenters. The Morgan fingerprint density at radius 3 is 2.27 bits per heavy atom. The molecule has 1 fully saturated rings. The molecular weight excluding hydrogens is 282 g/mol. The highest BCUT2D eigenvalue weighted by atomic mass is 16.5. The van der Waals surface area contributed by atoms with Gasteiger partial charge in [0.1, 0.15) is 0 Å². The monoisotopic (exact) mass is 303 g/mol. The van der Waals surface area contributed by atoms with Crippen molar-refractivity contribution in [2.45, 2.75) is 26.7 Å². The summed E-state index contributed by atoms with van der Waals surface area (Å²) >= 11 is 0. The normalized spacial score (nSPS) is 15.5. The molecule has 1 amide bonds. The number of likely N-dealkylation sites (tertiary alicyclic amines) is 1. The second-order valence-electron chi connectivity index (χ2n) is 5.51. The van der Waals surface area contributed by atoms with E-state index in [9.17, 15) is 14.4 Å². The van der Waals surface area contributed by atoms with E-state index in [0.29, 0.717) is 38.1 Å². The molecule has 0 aliphatic carbocycles. The minimum atomic E-state index is -0.494. The third-order valence-corrected chi connectivity index (χ3v) is 3.91. The molecule has 1 saturated heterocycles. The Morgan fingerprint density at radius 1 is 1.14 bits per heavy atom. The molecule has 2 rings (SSSR count). The second kappa shape index (κ2) is 7.20. The maximum absolute atomic E-state index is 12.2. The van der Waals surface area contributed by atoms with Gasteiger partial charge < -0.3 is 9.64 Å². The SMILES string of the molecule is CCOC(=O)C1CCN(C(=O)C(=O)c2ccc(C)cc2)CC1. The van der Waals surface area contributed by atoms with Gasteiger partial charge in [0, 0.05) is 18.7 Å². The number of esters is 1. The van der Waals surface area contributed by atoms with Gasteiger partial charge in [-0.2, -0.15) is 0 Å². The van der Waals surface area contributed by atoms with Crippen molar-refractivity contribution in [1.82, 2.24) is 4.90 Å². The number of ketones is 1. The molecule has 0 bridgehead atoms. The van der Waals surface area contributed by atoms with Gasteiger partial charge in [-0.25, -0.2) is 0 Å². The van der Waals surface area contributed by atoms with Gasteiger partial charge in [0.15, 0.2) is 0 Å². The summed E-state index contributed by atoms with van der Waals surface area (Å²) < 4.78 is 5.00. The van der Waals surface area contributed by atoms with E-state index in [0.717, 1.165) is 5.56 Å². The van der Waals surface area contributed by atoms with E-state index in [1.54, 1.807) is 19.1 Å². The number of ether oxygens (including phenoxy) is 1. The van der Waals surface area contributed by atoms with E-state index < -0.39 is 11.7 Å². The number of benzene rings is 1. The van der Waals surface area contributed by atoms with Crippen LogP contribution >= 0.6 is 0 Å². The van der Waals surface area contributed by atoms with Gasteiger partial charge in [0.25, 0.3) is 5.91 Å². The average molecular weight is 303 g/mol. The fraction of sp³-hybridized carbons (Fsp3) is 0.471. The van der Waals surface area contributed by atoms with E-state index in [1.807, 2.05) is 19.1 Å². The maximum Gasteiger partial charge on any atom is 0.309 e. The van der Waals surface area contributed by atoms with Crippen molar-refractivity contribution < 1.29 is 19.1 Å². The minimum absolute atomic E-state index is 0.168. The number of piperidine rings is 1. The van der Waals surface area contributed by atoms with Crippen LogP contribution in [-0.2, 0) is 14.3 Å². The summed E-state index contributed by atoms with van der Waals surface area (Å²) in [5, 5.41) is 0. The summed E-state index contributed by atoms with van der Waals surface area (Å²) in [5.74, 6) is -1.36. The molecule has 0 saturated carbocycles. The van der Waals surface area contributed by atoms with Gasteiger partial charge in [-0.3, -0.25) is 14.4 Å². The molecule has 22 heavy (non-hydrogen) atoms. The predicted molar refractivity (Wildman–Crippen MR) is 81.4 cm³/mol. The molecule has 0 unspecified atom stereocenters. The smallest absolute Gasteiger partial charge is 0.309 e. The van der Waals surface area contributed by atoms with Crippen LogP contribution in [0.1, 0.15) is 35.7 Å². The Kier molecular flexibility index (Phi) is 5.31.